The number of hydrogen-bond acceptors (Lipinski definition) is 5. The summed E-state index contributed by atoms with van der Waals surface area (Å²) in [5, 5.41) is 1.56. The first-order valence-corrected chi connectivity index (χ1v) is 12.2. The zero-order valence-electron chi connectivity index (χ0n) is 14.8. The number of thioether (sulfide) groups is 1. The molecular weight excluding hydrogens is 400 g/mol. The third kappa shape index (κ3) is 4.33. The Morgan fingerprint density at radius 1 is 1.11 bits per heavy atom. The number of benzene rings is 2. The fourth-order valence-electron chi connectivity index (χ4n) is 3.65. The van der Waals surface area contributed by atoms with Crippen LogP contribution in [0.2, 0.25) is 5.02 Å². The monoisotopic (exact) mass is 420 g/mol. The molecule has 0 radical (unpaired) electrons. The summed E-state index contributed by atoms with van der Waals surface area (Å²) in [5.41, 5.74) is 2.25. The number of halogens is 1. The molecule has 0 unspecified atom stereocenters. The van der Waals surface area contributed by atoms with Crippen LogP contribution < -0.4 is 4.90 Å². The molecule has 2 aliphatic heterocycles. The van der Waals surface area contributed by atoms with Crippen LogP contribution in [-0.2, 0) is 16.3 Å². The highest BCUT2D eigenvalue weighted by atomic mass is 35.5. The first-order chi connectivity index (χ1) is 13.0. The van der Waals surface area contributed by atoms with E-state index in [4.69, 9.17) is 16.6 Å². The standard InChI is InChI=1S/C20H21ClN2O2S2/c21-16-9-4-10-17(12-16)23-19-14-27(24,25)13-18(19)22-20(23)26-11-5-8-15-6-2-1-3-7-15/h1-4,6-7,9-10,12,18-19H,5,8,11,13-14H2/t18-,19-/m0/s1. The van der Waals surface area contributed by atoms with Gasteiger partial charge < -0.3 is 4.90 Å². The van der Waals surface area contributed by atoms with Crippen LogP contribution in [0.4, 0.5) is 5.69 Å². The van der Waals surface area contributed by atoms with E-state index in [-0.39, 0.29) is 23.6 Å². The maximum atomic E-state index is 12.1. The summed E-state index contributed by atoms with van der Waals surface area (Å²) in [6.45, 7) is 0. The lowest BCUT2D eigenvalue weighted by Crippen LogP contribution is -2.39. The Bertz CT molecular complexity index is 947. The van der Waals surface area contributed by atoms with Crippen molar-refractivity contribution in [2.75, 3.05) is 22.2 Å². The average Bonchev–Trinajstić information content (AvgIpc) is 3.10. The predicted octanol–water partition coefficient (Wildman–Crippen LogP) is 4.05. The molecule has 2 aromatic rings. The number of hydrogen-bond donors (Lipinski definition) is 0. The lowest BCUT2D eigenvalue weighted by atomic mass is 10.1. The van der Waals surface area contributed by atoms with E-state index in [9.17, 15) is 8.42 Å². The summed E-state index contributed by atoms with van der Waals surface area (Å²) in [5.74, 6) is 1.24. The zero-order valence-corrected chi connectivity index (χ0v) is 17.2. The third-order valence-corrected chi connectivity index (χ3v) is 7.86. The van der Waals surface area contributed by atoms with Gasteiger partial charge in [0.1, 0.15) is 0 Å². The first-order valence-electron chi connectivity index (χ1n) is 9.02. The number of aryl methyl sites for hydroxylation is 1. The largest absolute Gasteiger partial charge is 0.315 e. The Balaban J connectivity index is 1.47. The second-order valence-corrected chi connectivity index (χ2v) is 10.6. The lowest BCUT2D eigenvalue weighted by Gasteiger charge is -2.26. The van der Waals surface area contributed by atoms with Crippen molar-refractivity contribution in [3.8, 4) is 0 Å². The molecule has 0 saturated carbocycles. The normalized spacial score (nSPS) is 23.3. The maximum absolute atomic E-state index is 12.1. The molecular formula is C20H21ClN2O2S2. The van der Waals surface area contributed by atoms with Gasteiger partial charge in [-0.1, -0.05) is 59.8 Å². The Kier molecular flexibility index (Phi) is 5.48. The van der Waals surface area contributed by atoms with Gasteiger partial charge in [-0.05, 0) is 36.6 Å². The van der Waals surface area contributed by atoms with Crippen molar-refractivity contribution >= 4 is 44.1 Å². The molecule has 0 N–H and O–H groups in total. The smallest absolute Gasteiger partial charge is 0.164 e. The highest BCUT2D eigenvalue weighted by Crippen LogP contribution is 2.36. The van der Waals surface area contributed by atoms with Crippen LogP contribution in [0.1, 0.15) is 12.0 Å². The van der Waals surface area contributed by atoms with Crippen LogP contribution in [-0.4, -0.2) is 42.9 Å². The second kappa shape index (κ2) is 7.86. The molecule has 0 aliphatic carbocycles. The number of aliphatic imine (C=N–C) groups is 1. The summed E-state index contributed by atoms with van der Waals surface area (Å²) < 4.78 is 24.2. The highest BCUT2D eigenvalue weighted by Gasteiger charge is 2.47. The quantitative estimate of drug-likeness (QED) is 0.685. The molecule has 1 fully saturated rings. The topological polar surface area (TPSA) is 49.7 Å². The van der Waals surface area contributed by atoms with Gasteiger partial charge >= 0.3 is 0 Å². The molecule has 0 aromatic heterocycles. The molecule has 27 heavy (non-hydrogen) atoms. The average molecular weight is 421 g/mol. The third-order valence-electron chi connectivity index (χ3n) is 4.88. The van der Waals surface area contributed by atoms with Gasteiger partial charge in [0.05, 0.1) is 23.6 Å². The molecule has 4 nitrogen and oxygen atoms in total. The fourth-order valence-corrected chi connectivity index (χ4v) is 6.74. The Morgan fingerprint density at radius 3 is 2.70 bits per heavy atom. The van der Waals surface area contributed by atoms with E-state index in [0.29, 0.717) is 5.02 Å². The minimum atomic E-state index is -3.03. The van der Waals surface area contributed by atoms with Gasteiger partial charge in [0.15, 0.2) is 15.0 Å². The van der Waals surface area contributed by atoms with Crippen LogP contribution >= 0.6 is 23.4 Å². The molecule has 142 valence electrons. The van der Waals surface area contributed by atoms with Gasteiger partial charge in [-0.2, -0.15) is 0 Å². The molecule has 7 heteroatoms. The van der Waals surface area contributed by atoms with Crippen molar-refractivity contribution in [3.05, 3.63) is 65.2 Å². The molecule has 2 aliphatic rings. The van der Waals surface area contributed by atoms with Crippen LogP contribution in [0, 0.1) is 0 Å². The summed E-state index contributed by atoms with van der Waals surface area (Å²) >= 11 is 7.88. The van der Waals surface area contributed by atoms with E-state index < -0.39 is 9.84 Å². The van der Waals surface area contributed by atoms with Gasteiger partial charge in [0.25, 0.3) is 0 Å². The van der Waals surface area contributed by atoms with Gasteiger partial charge in [-0.3, -0.25) is 4.99 Å². The predicted molar refractivity (Wildman–Crippen MR) is 115 cm³/mol. The molecule has 2 heterocycles. The number of nitrogens with zero attached hydrogens (tertiary/aromatic N) is 2. The maximum Gasteiger partial charge on any atom is 0.164 e. The van der Waals surface area contributed by atoms with E-state index in [1.165, 1.54) is 5.56 Å². The SMILES string of the molecule is O=S1(=O)C[C@@H]2N=C(SCCCc3ccccc3)N(c3cccc(Cl)c3)[C@H]2C1. The first kappa shape index (κ1) is 18.8. The Labute approximate surface area is 169 Å². The number of amidine groups is 1. The molecule has 2 aromatic carbocycles. The summed E-state index contributed by atoms with van der Waals surface area (Å²) in [4.78, 5) is 6.84. The molecule has 0 spiro atoms. The molecule has 0 amide bonds. The second-order valence-electron chi connectivity index (χ2n) is 6.91. The van der Waals surface area contributed by atoms with Gasteiger partial charge in [-0.25, -0.2) is 8.42 Å². The number of sulfone groups is 1. The summed E-state index contributed by atoms with van der Waals surface area (Å²) in [7, 11) is -3.03. The zero-order chi connectivity index (χ0) is 18.9. The van der Waals surface area contributed by atoms with Crippen molar-refractivity contribution < 1.29 is 8.42 Å². The molecule has 1 saturated heterocycles. The minimum Gasteiger partial charge on any atom is -0.315 e. The molecule has 4 rings (SSSR count). The molecule has 2 atom stereocenters. The summed E-state index contributed by atoms with van der Waals surface area (Å²) in [6.07, 6.45) is 2.07. The van der Waals surface area contributed by atoms with Gasteiger partial charge in [0, 0.05) is 16.5 Å². The van der Waals surface area contributed by atoms with E-state index in [1.54, 1.807) is 11.8 Å². The van der Waals surface area contributed by atoms with E-state index in [0.717, 1.165) is 29.4 Å². The van der Waals surface area contributed by atoms with Crippen molar-refractivity contribution in [1.29, 1.82) is 0 Å². The van der Waals surface area contributed by atoms with Crippen LogP contribution in [0.5, 0.6) is 0 Å². The van der Waals surface area contributed by atoms with Crippen molar-refractivity contribution in [1.82, 2.24) is 0 Å². The minimum absolute atomic E-state index is 0.120. The molecule has 0 bridgehead atoms. The van der Waals surface area contributed by atoms with Crippen LogP contribution in [0.15, 0.2) is 59.6 Å². The fraction of sp³-hybridized carbons (Fsp3) is 0.350. The number of anilines is 1. The van der Waals surface area contributed by atoms with Crippen LogP contribution in [0.25, 0.3) is 0 Å². The van der Waals surface area contributed by atoms with E-state index >= 15 is 0 Å². The Morgan fingerprint density at radius 2 is 1.93 bits per heavy atom. The lowest BCUT2D eigenvalue weighted by molar-refractivity contribution is 0.601. The highest BCUT2D eigenvalue weighted by molar-refractivity contribution is 8.14. The van der Waals surface area contributed by atoms with Crippen molar-refractivity contribution in [3.63, 3.8) is 0 Å². The number of fused-ring (bicyclic) bond motifs is 1. The van der Waals surface area contributed by atoms with E-state index in [1.807, 2.05) is 30.3 Å². The van der Waals surface area contributed by atoms with Crippen molar-refractivity contribution in [2.45, 2.75) is 24.9 Å². The number of rotatable bonds is 5. The van der Waals surface area contributed by atoms with Crippen LogP contribution in [0.3, 0.4) is 0 Å². The Hall–Kier alpha value is -1.50. The van der Waals surface area contributed by atoms with Crippen molar-refractivity contribution in [2.24, 2.45) is 4.99 Å². The van der Waals surface area contributed by atoms with Gasteiger partial charge in [0.2, 0.25) is 0 Å². The van der Waals surface area contributed by atoms with Gasteiger partial charge in [-0.15, -0.1) is 0 Å². The van der Waals surface area contributed by atoms with E-state index in [2.05, 4.69) is 29.2 Å². The summed E-state index contributed by atoms with van der Waals surface area (Å²) in [6, 6.07) is 17.7.